The molecule has 0 radical (unpaired) electrons. The van der Waals surface area contributed by atoms with Crippen molar-refractivity contribution in [1.29, 1.82) is 0 Å². The van der Waals surface area contributed by atoms with Crippen LogP contribution in [0.3, 0.4) is 0 Å². The molecule has 1 saturated carbocycles. The van der Waals surface area contributed by atoms with E-state index in [4.69, 9.17) is 12.2 Å². The summed E-state index contributed by atoms with van der Waals surface area (Å²) in [5.74, 6) is -0.223. The fraction of sp³-hybridized carbons (Fsp3) is 0.360. The van der Waals surface area contributed by atoms with Crippen molar-refractivity contribution < 1.29 is 4.39 Å². The van der Waals surface area contributed by atoms with Gasteiger partial charge in [0.25, 0.3) is 0 Å². The third-order valence-electron chi connectivity index (χ3n) is 6.73. The first-order chi connectivity index (χ1) is 15.0. The summed E-state index contributed by atoms with van der Waals surface area (Å²) in [5.41, 5.74) is 5.50. The molecule has 0 bridgehead atoms. The monoisotopic (exact) mass is 434 g/mol. The Kier molecular flexibility index (Phi) is 5.26. The lowest BCUT2D eigenvalue weighted by atomic mass is 9.95. The van der Waals surface area contributed by atoms with Gasteiger partial charge in [-0.2, -0.15) is 0 Å². The average Bonchev–Trinajstić information content (AvgIpc) is 3.48. The van der Waals surface area contributed by atoms with Gasteiger partial charge in [0, 0.05) is 29.3 Å². The Hall–Kier alpha value is -2.73. The number of hydrogen-bond donors (Lipinski definition) is 1. The Bertz CT molecular complexity index is 1090. The molecule has 5 rings (SSSR count). The van der Waals surface area contributed by atoms with Crippen LogP contribution in [0, 0.1) is 19.7 Å². The molecular weight excluding hydrogens is 407 g/mol. The number of pyridine rings is 1. The van der Waals surface area contributed by atoms with Crippen molar-refractivity contribution >= 4 is 17.3 Å². The summed E-state index contributed by atoms with van der Waals surface area (Å²) in [6.45, 7) is 4.26. The second-order valence-corrected chi connectivity index (χ2v) is 9.00. The van der Waals surface area contributed by atoms with E-state index in [1.54, 1.807) is 0 Å². The number of thiocarbonyl (C=S) groups is 1. The summed E-state index contributed by atoms with van der Waals surface area (Å²) in [4.78, 5) is 7.09. The minimum atomic E-state index is -0.223. The Labute approximate surface area is 188 Å². The first-order valence-electron chi connectivity index (χ1n) is 11.0. The molecule has 3 aromatic rings. The van der Waals surface area contributed by atoms with Crippen LogP contribution >= 0.6 is 12.2 Å². The minimum absolute atomic E-state index is 0.00327. The van der Waals surface area contributed by atoms with Gasteiger partial charge < -0.3 is 14.8 Å². The van der Waals surface area contributed by atoms with E-state index < -0.39 is 0 Å². The zero-order chi connectivity index (χ0) is 21.5. The van der Waals surface area contributed by atoms with Gasteiger partial charge in [-0.1, -0.05) is 18.9 Å². The van der Waals surface area contributed by atoms with Gasteiger partial charge in [-0.25, -0.2) is 4.39 Å². The highest BCUT2D eigenvalue weighted by Crippen LogP contribution is 2.44. The molecule has 2 atom stereocenters. The standard InChI is InChI=1S/C25H27FN4S/c1-16-15-21(17(2)29(16)20-12-10-18(26)11-13-20)24-23(22-9-5-6-14-27-22)28-25(31)30(24)19-7-3-4-8-19/h5-6,9-15,19,23-24H,3-4,7-8H2,1-2H3,(H,28,31)/t23-,24+/m1/s1. The minimum Gasteiger partial charge on any atom is -0.352 e. The van der Waals surface area contributed by atoms with Gasteiger partial charge in [-0.3, -0.25) is 4.98 Å². The van der Waals surface area contributed by atoms with Crippen molar-refractivity contribution in [2.24, 2.45) is 0 Å². The van der Waals surface area contributed by atoms with Crippen LogP contribution < -0.4 is 5.32 Å². The smallest absolute Gasteiger partial charge is 0.170 e. The van der Waals surface area contributed by atoms with Gasteiger partial charge >= 0.3 is 0 Å². The molecule has 4 nitrogen and oxygen atoms in total. The van der Waals surface area contributed by atoms with Gasteiger partial charge in [0.15, 0.2) is 5.11 Å². The molecule has 2 aliphatic rings. The van der Waals surface area contributed by atoms with Gasteiger partial charge in [-0.15, -0.1) is 0 Å². The largest absolute Gasteiger partial charge is 0.352 e. The van der Waals surface area contributed by atoms with E-state index >= 15 is 0 Å². The van der Waals surface area contributed by atoms with Crippen LogP contribution in [0.15, 0.2) is 54.7 Å². The van der Waals surface area contributed by atoms with Crippen LogP contribution in [0.5, 0.6) is 0 Å². The molecule has 3 heterocycles. The quantitative estimate of drug-likeness (QED) is 0.546. The van der Waals surface area contributed by atoms with Gasteiger partial charge in [0.2, 0.25) is 0 Å². The third kappa shape index (κ3) is 3.53. The van der Waals surface area contributed by atoms with E-state index in [0.29, 0.717) is 6.04 Å². The SMILES string of the molecule is Cc1cc([C@H]2[C@@H](c3ccccn3)NC(=S)N2C2CCCC2)c(C)n1-c1ccc(F)cc1. The normalized spacial score (nSPS) is 21.6. The van der Waals surface area contributed by atoms with Gasteiger partial charge in [-0.05, 0) is 86.9 Å². The molecule has 160 valence electrons. The van der Waals surface area contributed by atoms with Crippen LogP contribution in [0.2, 0.25) is 0 Å². The maximum absolute atomic E-state index is 13.5. The van der Waals surface area contributed by atoms with Crippen LogP contribution in [0.25, 0.3) is 5.69 Å². The van der Waals surface area contributed by atoms with Crippen LogP contribution in [-0.2, 0) is 0 Å². The maximum Gasteiger partial charge on any atom is 0.170 e. The predicted octanol–water partition coefficient (Wildman–Crippen LogP) is 5.54. The van der Waals surface area contributed by atoms with E-state index in [9.17, 15) is 4.39 Å². The lowest BCUT2D eigenvalue weighted by Crippen LogP contribution is -2.37. The molecule has 0 spiro atoms. The zero-order valence-corrected chi connectivity index (χ0v) is 18.7. The van der Waals surface area contributed by atoms with E-state index in [2.05, 4.69) is 45.7 Å². The molecule has 6 heteroatoms. The molecule has 2 aromatic heterocycles. The summed E-state index contributed by atoms with van der Waals surface area (Å²) in [6, 6.07) is 15.5. The summed E-state index contributed by atoms with van der Waals surface area (Å²) in [7, 11) is 0. The number of rotatable bonds is 4. The molecule has 1 aromatic carbocycles. The van der Waals surface area contributed by atoms with Gasteiger partial charge in [0.1, 0.15) is 5.82 Å². The lowest BCUT2D eigenvalue weighted by Gasteiger charge is -2.33. The van der Waals surface area contributed by atoms with Crippen molar-refractivity contribution in [3.63, 3.8) is 0 Å². The topological polar surface area (TPSA) is 33.1 Å². The van der Waals surface area contributed by atoms with Crippen molar-refractivity contribution in [3.8, 4) is 5.69 Å². The number of nitrogens with zero attached hydrogens (tertiary/aromatic N) is 3. The zero-order valence-electron chi connectivity index (χ0n) is 17.9. The molecule has 1 aliphatic carbocycles. The molecular formula is C25H27FN4S. The molecule has 2 fully saturated rings. The van der Waals surface area contributed by atoms with E-state index in [0.717, 1.165) is 27.9 Å². The Morgan fingerprint density at radius 3 is 2.48 bits per heavy atom. The van der Waals surface area contributed by atoms with Crippen molar-refractivity contribution in [3.05, 3.63) is 83.2 Å². The molecule has 31 heavy (non-hydrogen) atoms. The molecule has 0 amide bonds. The number of aromatic nitrogens is 2. The Balaban J connectivity index is 1.63. The second kappa shape index (κ2) is 8.08. The number of hydrogen-bond acceptors (Lipinski definition) is 2. The van der Waals surface area contributed by atoms with Crippen molar-refractivity contribution in [1.82, 2.24) is 19.8 Å². The third-order valence-corrected chi connectivity index (χ3v) is 7.06. The highest BCUT2D eigenvalue weighted by atomic mass is 32.1. The van der Waals surface area contributed by atoms with E-state index in [-0.39, 0.29) is 17.9 Å². The molecule has 0 unspecified atom stereocenters. The van der Waals surface area contributed by atoms with Crippen LogP contribution in [0.1, 0.15) is 60.4 Å². The highest BCUT2D eigenvalue weighted by Gasteiger charge is 2.44. The number of nitrogens with one attached hydrogen (secondary N) is 1. The summed E-state index contributed by atoms with van der Waals surface area (Å²) in [6.07, 6.45) is 6.68. The first kappa shape index (κ1) is 20.2. The summed E-state index contributed by atoms with van der Waals surface area (Å²) >= 11 is 5.86. The fourth-order valence-corrected chi connectivity index (χ4v) is 5.74. The maximum atomic E-state index is 13.5. The predicted molar refractivity (Wildman–Crippen MR) is 125 cm³/mol. The molecule has 1 saturated heterocycles. The fourth-order valence-electron chi connectivity index (χ4n) is 5.35. The summed E-state index contributed by atoms with van der Waals surface area (Å²) in [5, 5.41) is 4.40. The van der Waals surface area contributed by atoms with E-state index in [1.165, 1.54) is 43.4 Å². The van der Waals surface area contributed by atoms with E-state index in [1.807, 2.05) is 30.5 Å². The van der Waals surface area contributed by atoms with Gasteiger partial charge in [0.05, 0.1) is 17.8 Å². The number of halogens is 1. The summed E-state index contributed by atoms with van der Waals surface area (Å²) < 4.78 is 15.7. The van der Waals surface area contributed by atoms with Crippen LogP contribution in [0.4, 0.5) is 4.39 Å². The van der Waals surface area contributed by atoms with Crippen molar-refractivity contribution in [2.45, 2.75) is 57.7 Å². The van der Waals surface area contributed by atoms with Crippen LogP contribution in [-0.4, -0.2) is 25.6 Å². The number of benzene rings is 1. The first-order valence-corrected chi connectivity index (χ1v) is 11.4. The second-order valence-electron chi connectivity index (χ2n) is 8.61. The molecule has 1 N–H and O–H groups in total. The Morgan fingerprint density at radius 1 is 1.06 bits per heavy atom. The van der Waals surface area contributed by atoms with Crippen molar-refractivity contribution in [2.75, 3.05) is 0 Å². The average molecular weight is 435 g/mol. The Morgan fingerprint density at radius 2 is 1.81 bits per heavy atom. The highest BCUT2D eigenvalue weighted by molar-refractivity contribution is 7.80. The lowest BCUT2D eigenvalue weighted by molar-refractivity contribution is 0.245. The number of aryl methyl sites for hydroxylation is 1. The molecule has 1 aliphatic heterocycles.